The standard InChI is InChI=1S/C16H17NO3/c18-15(19)16(8-3-9-20-11-16)10-13-7-6-12-4-1-2-5-14(12)17-13/h1-2,4-7H,3,8-11H2,(H,18,19). The van der Waals surface area contributed by atoms with Gasteiger partial charge in [-0.3, -0.25) is 9.78 Å². The summed E-state index contributed by atoms with van der Waals surface area (Å²) in [6.07, 6.45) is 1.86. The van der Waals surface area contributed by atoms with Crippen molar-refractivity contribution < 1.29 is 14.6 Å². The molecule has 0 radical (unpaired) electrons. The highest BCUT2D eigenvalue weighted by atomic mass is 16.5. The number of aromatic nitrogens is 1. The minimum absolute atomic E-state index is 0.275. The summed E-state index contributed by atoms with van der Waals surface area (Å²) in [5, 5.41) is 10.6. The Morgan fingerprint density at radius 2 is 2.15 bits per heavy atom. The van der Waals surface area contributed by atoms with Crippen LogP contribution in [0.5, 0.6) is 0 Å². The summed E-state index contributed by atoms with van der Waals surface area (Å²) in [4.78, 5) is 16.2. The summed E-state index contributed by atoms with van der Waals surface area (Å²) in [6, 6.07) is 11.8. The van der Waals surface area contributed by atoms with Gasteiger partial charge in [-0.15, -0.1) is 0 Å². The molecule has 0 bridgehead atoms. The second kappa shape index (κ2) is 5.21. The van der Waals surface area contributed by atoms with Crippen molar-refractivity contribution in [2.45, 2.75) is 19.3 Å². The molecule has 20 heavy (non-hydrogen) atoms. The van der Waals surface area contributed by atoms with Crippen LogP contribution in [0.15, 0.2) is 36.4 Å². The molecule has 2 heterocycles. The second-order valence-corrected chi connectivity index (χ2v) is 5.41. The highest BCUT2D eigenvalue weighted by Crippen LogP contribution is 2.32. The van der Waals surface area contributed by atoms with Crippen LogP contribution in [0.25, 0.3) is 10.9 Å². The van der Waals surface area contributed by atoms with Gasteiger partial charge in [-0.25, -0.2) is 0 Å². The Morgan fingerprint density at radius 1 is 1.30 bits per heavy atom. The fourth-order valence-corrected chi connectivity index (χ4v) is 2.79. The highest BCUT2D eigenvalue weighted by molar-refractivity contribution is 5.79. The molecule has 1 N–H and O–H groups in total. The molecule has 1 unspecified atom stereocenters. The Kier molecular flexibility index (Phi) is 3.40. The van der Waals surface area contributed by atoms with E-state index in [9.17, 15) is 9.90 Å². The number of carboxylic acids is 1. The predicted octanol–water partition coefficient (Wildman–Crippen LogP) is 2.66. The number of carboxylic acid groups (broad SMARTS) is 1. The van der Waals surface area contributed by atoms with Crippen LogP contribution >= 0.6 is 0 Å². The molecular weight excluding hydrogens is 254 g/mol. The van der Waals surface area contributed by atoms with Crippen molar-refractivity contribution in [2.75, 3.05) is 13.2 Å². The number of hydrogen-bond acceptors (Lipinski definition) is 3. The second-order valence-electron chi connectivity index (χ2n) is 5.41. The normalized spacial score (nSPS) is 22.8. The van der Waals surface area contributed by atoms with E-state index in [0.717, 1.165) is 23.0 Å². The van der Waals surface area contributed by atoms with Crippen molar-refractivity contribution >= 4 is 16.9 Å². The monoisotopic (exact) mass is 271 g/mol. The lowest BCUT2D eigenvalue weighted by atomic mass is 9.78. The zero-order valence-corrected chi connectivity index (χ0v) is 11.2. The van der Waals surface area contributed by atoms with Gasteiger partial charge in [0.2, 0.25) is 0 Å². The SMILES string of the molecule is O=C(O)C1(Cc2ccc3ccccc3n2)CCCOC1. The van der Waals surface area contributed by atoms with Gasteiger partial charge in [0.1, 0.15) is 0 Å². The summed E-state index contributed by atoms with van der Waals surface area (Å²) in [6.45, 7) is 0.928. The summed E-state index contributed by atoms with van der Waals surface area (Å²) in [5.41, 5.74) is 0.895. The van der Waals surface area contributed by atoms with E-state index in [2.05, 4.69) is 4.98 Å². The van der Waals surface area contributed by atoms with E-state index in [-0.39, 0.29) is 6.61 Å². The lowest BCUT2D eigenvalue weighted by Gasteiger charge is -2.32. The Morgan fingerprint density at radius 3 is 2.90 bits per heavy atom. The first-order valence-electron chi connectivity index (χ1n) is 6.85. The minimum atomic E-state index is -0.826. The number of fused-ring (bicyclic) bond motifs is 1. The van der Waals surface area contributed by atoms with E-state index in [4.69, 9.17) is 4.74 Å². The molecule has 104 valence electrons. The fourth-order valence-electron chi connectivity index (χ4n) is 2.79. The van der Waals surface area contributed by atoms with Crippen molar-refractivity contribution in [1.29, 1.82) is 0 Å². The predicted molar refractivity (Wildman–Crippen MR) is 75.6 cm³/mol. The fraction of sp³-hybridized carbons (Fsp3) is 0.375. The molecule has 1 saturated heterocycles. The number of aliphatic carboxylic acids is 1. The average molecular weight is 271 g/mol. The molecule has 1 aromatic carbocycles. The topological polar surface area (TPSA) is 59.4 Å². The zero-order chi connectivity index (χ0) is 14.0. The maximum absolute atomic E-state index is 11.6. The Balaban J connectivity index is 1.92. The van der Waals surface area contributed by atoms with E-state index in [0.29, 0.717) is 19.4 Å². The lowest BCUT2D eigenvalue weighted by Crippen LogP contribution is -2.41. The molecule has 0 spiro atoms. The van der Waals surface area contributed by atoms with Crippen LogP contribution in [0, 0.1) is 5.41 Å². The Labute approximate surface area is 117 Å². The summed E-state index contributed by atoms with van der Waals surface area (Å²) in [7, 11) is 0. The van der Waals surface area contributed by atoms with Gasteiger partial charge in [0, 0.05) is 24.1 Å². The van der Waals surface area contributed by atoms with Crippen LogP contribution in [0.1, 0.15) is 18.5 Å². The van der Waals surface area contributed by atoms with Crippen molar-refractivity contribution in [3.63, 3.8) is 0 Å². The summed E-state index contributed by atoms with van der Waals surface area (Å²) >= 11 is 0. The molecule has 1 fully saturated rings. The molecule has 4 heteroatoms. The van der Waals surface area contributed by atoms with Crippen LogP contribution in [-0.4, -0.2) is 29.3 Å². The van der Waals surface area contributed by atoms with E-state index in [1.165, 1.54) is 0 Å². The number of carbonyl (C=O) groups is 1. The number of para-hydroxylation sites is 1. The van der Waals surface area contributed by atoms with Gasteiger partial charge in [0.05, 0.1) is 17.5 Å². The third kappa shape index (κ3) is 2.39. The molecule has 3 rings (SSSR count). The molecule has 1 aliphatic heterocycles. The zero-order valence-electron chi connectivity index (χ0n) is 11.2. The maximum atomic E-state index is 11.6. The van der Waals surface area contributed by atoms with Gasteiger partial charge in [-0.2, -0.15) is 0 Å². The molecule has 1 atom stereocenters. The van der Waals surface area contributed by atoms with Gasteiger partial charge < -0.3 is 9.84 Å². The van der Waals surface area contributed by atoms with E-state index >= 15 is 0 Å². The quantitative estimate of drug-likeness (QED) is 0.932. The van der Waals surface area contributed by atoms with Crippen molar-refractivity contribution in [3.05, 3.63) is 42.1 Å². The number of benzene rings is 1. The first-order valence-corrected chi connectivity index (χ1v) is 6.85. The average Bonchev–Trinajstić information content (AvgIpc) is 2.48. The largest absolute Gasteiger partial charge is 0.481 e. The first-order chi connectivity index (χ1) is 9.70. The summed E-state index contributed by atoms with van der Waals surface area (Å²) in [5.74, 6) is -0.785. The van der Waals surface area contributed by atoms with Crippen LogP contribution in [-0.2, 0) is 16.0 Å². The van der Waals surface area contributed by atoms with E-state index in [1.54, 1.807) is 0 Å². The molecule has 1 aromatic heterocycles. The molecular formula is C16H17NO3. The van der Waals surface area contributed by atoms with Gasteiger partial charge >= 0.3 is 5.97 Å². The first kappa shape index (κ1) is 13.1. The number of hydrogen-bond donors (Lipinski definition) is 1. The number of ether oxygens (including phenoxy) is 1. The van der Waals surface area contributed by atoms with Gasteiger partial charge in [0.25, 0.3) is 0 Å². The molecule has 4 nitrogen and oxygen atoms in total. The maximum Gasteiger partial charge on any atom is 0.312 e. The minimum Gasteiger partial charge on any atom is -0.481 e. The van der Waals surface area contributed by atoms with Gasteiger partial charge in [0.15, 0.2) is 0 Å². The number of rotatable bonds is 3. The number of nitrogens with zero attached hydrogens (tertiary/aromatic N) is 1. The Hall–Kier alpha value is -1.94. The van der Waals surface area contributed by atoms with Crippen LogP contribution in [0.2, 0.25) is 0 Å². The van der Waals surface area contributed by atoms with Crippen LogP contribution in [0.3, 0.4) is 0 Å². The number of pyridine rings is 1. The third-order valence-corrected chi connectivity index (χ3v) is 3.95. The van der Waals surface area contributed by atoms with E-state index < -0.39 is 11.4 Å². The Bertz CT molecular complexity index is 632. The smallest absolute Gasteiger partial charge is 0.312 e. The molecule has 2 aromatic rings. The van der Waals surface area contributed by atoms with Gasteiger partial charge in [-0.1, -0.05) is 24.3 Å². The van der Waals surface area contributed by atoms with Crippen molar-refractivity contribution in [1.82, 2.24) is 4.98 Å². The molecule has 0 saturated carbocycles. The highest BCUT2D eigenvalue weighted by Gasteiger charge is 2.41. The molecule has 0 aliphatic carbocycles. The summed E-state index contributed by atoms with van der Waals surface area (Å²) < 4.78 is 5.40. The van der Waals surface area contributed by atoms with Crippen molar-refractivity contribution in [3.8, 4) is 0 Å². The third-order valence-electron chi connectivity index (χ3n) is 3.95. The lowest BCUT2D eigenvalue weighted by molar-refractivity contribution is -0.157. The van der Waals surface area contributed by atoms with E-state index in [1.807, 2.05) is 36.4 Å². The van der Waals surface area contributed by atoms with Crippen LogP contribution in [0.4, 0.5) is 0 Å². The van der Waals surface area contributed by atoms with Gasteiger partial charge in [-0.05, 0) is 25.0 Å². The van der Waals surface area contributed by atoms with Crippen molar-refractivity contribution in [2.24, 2.45) is 5.41 Å². The molecule has 1 aliphatic rings. The molecule has 0 amide bonds. The van der Waals surface area contributed by atoms with Crippen LogP contribution < -0.4 is 0 Å².